The lowest BCUT2D eigenvalue weighted by Gasteiger charge is -2.25. The normalized spacial score (nSPS) is 15.5. The molecule has 0 N–H and O–H groups in total. The van der Waals surface area contributed by atoms with Crippen molar-refractivity contribution in [2.24, 2.45) is 7.05 Å². The molecule has 1 aromatic heterocycles. The number of aromatic nitrogens is 3. The summed E-state index contributed by atoms with van der Waals surface area (Å²) in [5.41, 5.74) is 1.80. The summed E-state index contributed by atoms with van der Waals surface area (Å²) in [7, 11) is 1.84. The molecule has 1 aliphatic rings. The van der Waals surface area contributed by atoms with Crippen LogP contribution in [0.1, 0.15) is 25.7 Å². The van der Waals surface area contributed by atoms with E-state index in [0.29, 0.717) is 11.0 Å². The molecule has 0 bridgehead atoms. The summed E-state index contributed by atoms with van der Waals surface area (Å²) in [6.07, 6.45) is 4.59. The molecule has 1 aliphatic heterocycles. The van der Waals surface area contributed by atoms with Crippen molar-refractivity contribution >= 4 is 24.0 Å². The third kappa shape index (κ3) is 3.17. The van der Waals surface area contributed by atoms with E-state index in [4.69, 9.17) is 0 Å². The first-order valence-corrected chi connectivity index (χ1v) is 8.15. The lowest BCUT2D eigenvalue weighted by atomic mass is 10.1. The molecule has 23 heavy (non-hydrogen) atoms. The van der Waals surface area contributed by atoms with Gasteiger partial charge in [0.25, 0.3) is 5.69 Å². The van der Waals surface area contributed by atoms with Crippen LogP contribution in [0.5, 0.6) is 0 Å². The van der Waals surface area contributed by atoms with E-state index < -0.39 is 0 Å². The van der Waals surface area contributed by atoms with Crippen molar-refractivity contribution in [1.82, 2.24) is 14.8 Å². The molecule has 0 atom stereocenters. The summed E-state index contributed by atoms with van der Waals surface area (Å²) in [6, 6.07) is 4.92. The van der Waals surface area contributed by atoms with E-state index >= 15 is 0 Å². The number of benzene rings is 1. The van der Waals surface area contributed by atoms with Gasteiger partial charge in [-0.05, 0) is 18.9 Å². The Kier molecular flexibility index (Phi) is 4.51. The smallest absolute Gasteiger partial charge is 0.271 e. The zero-order chi connectivity index (χ0) is 16.4. The molecule has 1 aromatic carbocycles. The number of nitro benzene ring substituents is 1. The Bertz CT molecular complexity index is 723. The summed E-state index contributed by atoms with van der Waals surface area (Å²) < 4.78 is 1.78. The van der Waals surface area contributed by atoms with E-state index in [2.05, 4.69) is 27.7 Å². The highest BCUT2D eigenvalue weighted by atomic mass is 32.1. The van der Waals surface area contributed by atoms with E-state index in [1.807, 2.05) is 7.05 Å². The number of thiol groups is 1. The Hall–Kier alpha value is -2.09. The largest absolute Gasteiger partial charge is 0.371 e. The molecule has 3 rings (SSSR count). The maximum Gasteiger partial charge on any atom is 0.271 e. The summed E-state index contributed by atoms with van der Waals surface area (Å²) in [5.74, 6) is 0.671. The molecular formula is C15H19N5O2S. The van der Waals surface area contributed by atoms with Gasteiger partial charge in [0.05, 0.1) is 10.6 Å². The molecule has 0 radical (unpaired) electrons. The monoisotopic (exact) mass is 333 g/mol. The van der Waals surface area contributed by atoms with Gasteiger partial charge >= 0.3 is 0 Å². The van der Waals surface area contributed by atoms with Crippen LogP contribution in [0, 0.1) is 10.1 Å². The first-order valence-electron chi connectivity index (χ1n) is 7.70. The Morgan fingerprint density at radius 2 is 1.87 bits per heavy atom. The molecule has 1 fully saturated rings. The highest BCUT2D eigenvalue weighted by Crippen LogP contribution is 2.34. The molecule has 0 saturated carbocycles. The first kappa shape index (κ1) is 15.8. The minimum absolute atomic E-state index is 0.0984. The van der Waals surface area contributed by atoms with Gasteiger partial charge in [0.1, 0.15) is 0 Å². The van der Waals surface area contributed by atoms with Crippen molar-refractivity contribution in [2.75, 3.05) is 18.0 Å². The van der Waals surface area contributed by atoms with Gasteiger partial charge in [0.15, 0.2) is 11.0 Å². The molecule has 2 aromatic rings. The number of hydrogen-bond donors (Lipinski definition) is 1. The van der Waals surface area contributed by atoms with E-state index in [0.717, 1.165) is 37.2 Å². The third-order valence-corrected chi connectivity index (χ3v) is 4.62. The number of nitro groups is 1. The Balaban J connectivity index is 2.10. The second-order valence-corrected chi connectivity index (χ2v) is 6.14. The summed E-state index contributed by atoms with van der Waals surface area (Å²) in [5, 5.41) is 19.8. The first-order chi connectivity index (χ1) is 11.1. The van der Waals surface area contributed by atoms with Crippen LogP contribution in [-0.2, 0) is 7.05 Å². The lowest BCUT2D eigenvalue weighted by Crippen LogP contribution is -2.24. The van der Waals surface area contributed by atoms with Crippen LogP contribution >= 0.6 is 12.6 Å². The SMILES string of the molecule is Cn1c(S)nnc1-c1ccc([N+](=O)[O-])cc1N1CCCCCC1. The van der Waals surface area contributed by atoms with Crippen molar-refractivity contribution in [3.63, 3.8) is 0 Å². The van der Waals surface area contributed by atoms with Gasteiger partial charge in [-0.3, -0.25) is 10.1 Å². The minimum atomic E-state index is -0.355. The Morgan fingerprint density at radius 1 is 1.17 bits per heavy atom. The highest BCUT2D eigenvalue weighted by molar-refractivity contribution is 7.80. The second-order valence-electron chi connectivity index (χ2n) is 5.74. The van der Waals surface area contributed by atoms with Gasteiger partial charge in [-0.2, -0.15) is 0 Å². The van der Waals surface area contributed by atoms with Gasteiger partial charge in [-0.1, -0.05) is 12.8 Å². The zero-order valence-corrected chi connectivity index (χ0v) is 13.9. The molecule has 7 nitrogen and oxygen atoms in total. The number of non-ortho nitro benzene ring substituents is 1. The van der Waals surface area contributed by atoms with Crippen LogP contribution in [0.3, 0.4) is 0 Å². The van der Waals surface area contributed by atoms with Crippen molar-refractivity contribution in [1.29, 1.82) is 0 Å². The topological polar surface area (TPSA) is 77.1 Å². The average molecular weight is 333 g/mol. The van der Waals surface area contributed by atoms with E-state index in [1.165, 1.54) is 18.9 Å². The van der Waals surface area contributed by atoms with Crippen LogP contribution in [0.4, 0.5) is 11.4 Å². The number of anilines is 1. The predicted molar refractivity (Wildman–Crippen MR) is 91.0 cm³/mol. The average Bonchev–Trinajstić information content (AvgIpc) is 2.76. The summed E-state index contributed by atoms with van der Waals surface area (Å²) in [4.78, 5) is 13.0. The number of hydrogen-bond acceptors (Lipinski definition) is 6. The quantitative estimate of drug-likeness (QED) is 0.531. The number of rotatable bonds is 3. The minimum Gasteiger partial charge on any atom is -0.371 e. The Morgan fingerprint density at radius 3 is 2.43 bits per heavy atom. The van der Waals surface area contributed by atoms with Gasteiger partial charge in [-0.25, -0.2) is 0 Å². The maximum absolute atomic E-state index is 11.2. The van der Waals surface area contributed by atoms with Crippen molar-refractivity contribution < 1.29 is 4.92 Å². The second kappa shape index (κ2) is 6.57. The fourth-order valence-corrected chi connectivity index (χ4v) is 3.09. The van der Waals surface area contributed by atoms with Crippen LogP contribution < -0.4 is 4.90 Å². The molecule has 0 amide bonds. The highest BCUT2D eigenvalue weighted by Gasteiger charge is 2.21. The maximum atomic E-state index is 11.2. The van der Waals surface area contributed by atoms with Gasteiger partial charge in [-0.15, -0.1) is 22.8 Å². The molecule has 2 heterocycles. The van der Waals surface area contributed by atoms with Crippen LogP contribution in [0.15, 0.2) is 23.4 Å². The molecule has 0 unspecified atom stereocenters. The van der Waals surface area contributed by atoms with Crippen LogP contribution in [0.2, 0.25) is 0 Å². The predicted octanol–water partition coefficient (Wildman–Crippen LogP) is 3.06. The van der Waals surface area contributed by atoms with Crippen molar-refractivity contribution in [3.05, 3.63) is 28.3 Å². The molecule has 0 spiro atoms. The van der Waals surface area contributed by atoms with Crippen LogP contribution in [-0.4, -0.2) is 32.8 Å². The molecule has 122 valence electrons. The van der Waals surface area contributed by atoms with Gasteiger partial charge < -0.3 is 9.47 Å². The van der Waals surface area contributed by atoms with E-state index in [-0.39, 0.29) is 10.6 Å². The molecule has 1 saturated heterocycles. The van der Waals surface area contributed by atoms with E-state index in [9.17, 15) is 10.1 Å². The van der Waals surface area contributed by atoms with Crippen molar-refractivity contribution in [3.8, 4) is 11.4 Å². The number of nitrogens with zero attached hydrogens (tertiary/aromatic N) is 5. The van der Waals surface area contributed by atoms with Crippen LogP contribution in [0.25, 0.3) is 11.4 Å². The van der Waals surface area contributed by atoms with Crippen molar-refractivity contribution in [2.45, 2.75) is 30.8 Å². The van der Waals surface area contributed by atoms with Gasteiger partial charge in [0.2, 0.25) is 0 Å². The lowest BCUT2D eigenvalue weighted by molar-refractivity contribution is -0.384. The molecular weight excluding hydrogens is 314 g/mol. The summed E-state index contributed by atoms with van der Waals surface area (Å²) >= 11 is 4.27. The van der Waals surface area contributed by atoms with E-state index in [1.54, 1.807) is 16.7 Å². The Labute approximate surface area is 139 Å². The summed E-state index contributed by atoms with van der Waals surface area (Å²) in [6.45, 7) is 1.81. The van der Waals surface area contributed by atoms with Gasteiger partial charge in [0, 0.05) is 37.8 Å². The fourth-order valence-electron chi connectivity index (χ4n) is 2.95. The third-order valence-electron chi connectivity index (χ3n) is 4.23. The molecule has 0 aliphatic carbocycles. The fraction of sp³-hybridized carbons (Fsp3) is 0.467. The molecule has 8 heteroatoms. The zero-order valence-electron chi connectivity index (χ0n) is 13.0. The standard InChI is InChI=1S/C15H19N5O2S/c1-18-14(16-17-15(18)23)12-7-6-11(20(21)22)10-13(12)19-8-4-2-3-5-9-19/h6-7,10H,2-5,8-9H2,1H3,(H,17,23).